The summed E-state index contributed by atoms with van der Waals surface area (Å²) < 4.78 is 15.8. The van der Waals surface area contributed by atoms with Crippen LogP contribution in [0.2, 0.25) is 0 Å². The molecule has 140 valence electrons. The summed E-state index contributed by atoms with van der Waals surface area (Å²) in [6, 6.07) is 2.39. The number of amides is 1. The molecule has 1 amide bonds. The van der Waals surface area contributed by atoms with Crippen LogP contribution in [0.15, 0.2) is 21.3 Å². The van der Waals surface area contributed by atoms with Crippen molar-refractivity contribution in [1.82, 2.24) is 5.32 Å². The molecule has 0 aliphatic carbocycles. The van der Waals surface area contributed by atoms with E-state index in [1.165, 1.54) is 14.2 Å². The number of aliphatic carboxylic acids is 1. The smallest absolute Gasteiger partial charge is 0.340 e. The summed E-state index contributed by atoms with van der Waals surface area (Å²) in [4.78, 5) is 35.6. The molecule has 1 aromatic heterocycles. The number of benzene rings is 1. The van der Waals surface area contributed by atoms with E-state index in [1.807, 2.05) is 0 Å². The van der Waals surface area contributed by atoms with Crippen LogP contribution in [-0.2, 0) is 16.0 Å². The predicted molar refractivity (Wildman–Crippen MR) is 93.9 cm³/mol. The molecule has 8 nitrogen and oxygen atoms in total. The van der Waals surface area contributed by atoms with E-state index in [1.54, 1.807) is 26.0 Å². The number of methoxy groups -OCH3 is 2. The molecule has 2 N–H and O–H groups in total. The van der Waals surface area contributed by atoms with Crippen LogP contribution in [0.25, 0.3) is 11.0 Å². The summed E-state index contributed by atoms with van der Waals surface area (Å²) in [5, 5.41) is 12.0. The van der Waals surface area contributed by atoms with Crippen LogP contribution in [-0.4, -0.2) is 37.2 Å². The maximum atomic E-state index is 12.4. The van der Waals surface area contributed by atoms with Gasteiger partial charge in [0, 0.05) is 5.39 Å². The maximum Gasteiger partial charge on any atom is 0.340 e. The number of fused-ring (bicyclic) bond motifs is 1. The highest BCUT2D eigenvalue weighted by molar-refractivity contribution is 5.90. The lowest BCUT2D eigenvalue weighted by molar-refractivity contribution is -0.141. The van der Waals surface area contributed by atoms with Crippen molar-refractivity contribution in [3.05, 3.63) is 33.7 Å². The van der Waals surface area contributed by atoms with Crippen LogP contribution in [0.1, 0.15) is 24.5 Å². The fraction of sp³-hybridized carbons (Fsp3) is 0.389. The largest absolute Gasteiger partial charge is 0.493 e. The Hall–Kier alpha value is -3.03. The van der Waals surface area contributed by atoms with E-state index in [2.05, 4.69) is 5.32 Å². The van der Waals surface area contributed by atoms with E-state index in [9.17, 15) is 14.4 Å². The number of rotatable bonds is 7. The average Bonchev–Trinajstić information content (AvgIpc) is 2.61. The van der Waals surface area contributed by atoms with Gasteiger partial charge >= 0.3 is 11.6 Å². The van der Waals surface area contributed by atoms with Gasteiger partial charge in [-0.3, -0.25) is 4.79 Å². The lowest BCUT2D eigenvalue weighted by Gasteiger charge is -2.14. The van der Waals surface area contributed by atoms with Crippen LogP contribution in [0.3, 0.4) is 0 Å². The molecule has 0 aliphatic heterocycles. The van der Waals surface area contributed by atoms with Gasteiger partial charge in [0.05, 0.1) is 26.2 Å². The summed E-state index contributed by atoms with van der Waals surface area (Å²) in [6.45, 7) is 3.34. The third kappa shape index (κ3) is 3.63. The van der Waals surface area contributed by atoms with Gasteiger partial charge in [-0.05, 0) is 31.0 Å². The van der Waals surface area contributed by atoms with Gasteiger partial charge < -0.3 is 24.3 Å². The Bertz CT molecular complexity index is 901. The normalized spacial score (nSPS) is 11.8. The molecule has 0 aliphatic rings. The van der Waals surface area contributed by atoms with Gasteiger partial charge in [0.15, 0.2) is 11.3 Å². The van der Waals surface area contributed by atoms with Gasteiger partial charge in [0.2, 0.25) is 11.7 Å². The zero-order chi connectivity index (χ0) is 19.4. The molecule has 0 saturated heterocycles. The third-order valence-electron chi connectivity index (χ3n) is 4.18. The highest BCUT2D eigenvalue weighted by Gasteiger charge is 2.22. The molecule has 0 saturated carbocycles. The zero-order valence-electron chi connectivity index (χ0n) is 15.0. The van der Waals surface area contributed by atoms with Gasteiger partial charge in [0.25, 0.3) is 0 Å². The number of nitrogens with one attached hydrogen (secondary N) is 1. The number of carboxylic acids is 1. The van der Waals surface area contributed by atoms with Gasteiger partial charge in [-0.1, -0.05) is 6.92 Å². The number of carbonyl (C=O) groups excluding carboxylic acids is 1. The van der Waals surface area contributed by atoms with Crippen molar-refractivity contribution in [2.24, 2.45) is 0 Å². The van der Waals surface area contributed by atoms with Crippen molar-refractivity contribution < 1.29 is 28.6 Å². The van der Waals surface area contributed by atoms with Gasteiger partial charge in [0.1, 0.15) is 6.04 Å². The molecule has 0 radical (unpaired) electrons. The Morgan fingerprint density at radius 1 is 1.27 bits per heavy atom. The van der Waals surface area contributed by atoms with E-state index >= 15 is 0 Å². The van der Waals surface area contributed by atoms with Crippen LogP contribution in [0, 0.1) is 6.92 Å². The minimum Gasteiger partial charge on any atom is -0.493 e. The number of ether oxygens (including phenoxy) is 2. The van der Waals surface area contributed by atoms with E-state index in [0.29, 0.717) is 16.7 Å². The molecular weight excluding hydrogens is 342 g/mol. The molecule has 8 heteroatoms. The molecule has 1 atom stereocenters. The van der Waals surface area contributed by atoms with Crippen LogP contribution in [0.4, 0.5) is 0 Å². The van der Waals surface area contributed by atoms with Crippen molar-refractivity contribution in [2.45, 2.75) is 32.7 Å². The maximum absolute atomic E-state index is 12.4. The molecule has 2 rings (SSSR count). The Morgan fingerprint density at radius 2 is 1.96 bits per heavy atom. The van der Waals surface area contributed by atoms with Crippen molar-refractivity contribution in [3.63, 3.8) is 0 Å². The molecule has 1 aromatic carbocycles. The monoisotopic (exact) mass is 363 g/mol. The first-order chi connectivity index (χ1) is 12.3. The number of carbonyl (C=O) groups is 2. The summed E-state index contributed by atoms with van der Waals surface area (Å²) >= 11 is 0. The quantitative estimate of drug-likeness (QED) is 0.719. The Balaban J connectivity index is 2.45. The number of hydrogen-bond donors (Lipinski definition) is 2. The molecule has 0 fully saturated rings. The second-order valence-electron chi connectivity index (χ2n) is 5.71. The van der Waals surface area contributed by atoms with Crippen molar-refractivity contribution in [1.29, 1.82) is 0 Å². The fourth-order valence-corrected chi connectivity index (χ4v) is 2.71. The lowest BCUT2D eigenvalue weighted by atomic mass is 10.0. The Labute approximate surface area is 149 Å². The second kappa shape index (κ2) is 7.90. The average molecular weight is 363 g/mol. The number of aryl methyl sites for hydroxylation is 1. The van der Waals surface area contributed by atoms with Crippen molar-refractivity contribution in [2.75, 3.05) is 14.2 Å². The van der Waals surface area contributed by atoms with Crippen LogP contribution >= 0.6 is 0 Å². The molecule has 2 aromatic rings. The highest BCUT2D eigenvalue weighted by Crippen LogP contribution is 2.36. The molecular formula is C18H21NO7. The SMILES string of the molecule is CC[C@@H](NC(=O)Cc1c(C)c2ccc(OC)c(OC)c2oc1=O)C(=O)O. The van der Waals surface area contributed by atoms with E-state index in [0.717, 1.165) is 0 Å². The minimum absolute atomic E-state index is 0.169. The third-order valence-corrected chi connectivity index (χ3v) is 4.18. The molecule has 0 bridgehead atoms. The Morgan fingerprint density at radius 3 is 2.50 bits per heavy atom. The molecule has 0 spiro atoms. The lowest BCUT2D eigenvalue weighted by Crippen LogP contribution is -2.41. The first-order valence-corrected chi connectivity index (χ1v) is 8.03. The van der Waals surface area contributed by atoms with E-state index < -0.39 is 23.5 Å². The van der Waals surface area contributed by atoms with Gasteiger partial charge in [-0.2, -0.15) is 0 Å². The molecule has 26 heavy (non-hydrogen) atoms. The predicted octanol–water partition coefficient (Wildman–Crippen LogP) is 1.64. The van der Waals surface area contributed by atoms with Gasteiger partial charge in [-0.25, -0.2) is 9.59 Å². The summed E-state index contributed by atoms with van der Waals surface area (Å²) in [6.07, 6.45) is -0.0361. The summed E-state index contributed by atoms with van der Waals surface area (Å²) in [5.41, 5.74) is 0.286. The second-order valence-corrected chi connectivity index (χ2v) is 5.71. The topological polar surface area (TPSA) is 115 Å². The van der Waals surface area contributed by atoms with E-state index in [4.69, 9.17) is 19.0 Å². The molecule has 1 heterocycles. The molecule has 0 unspecified atom stereocenters. The first kappa shape index (κ1) is 19.3. The standard InChI is InChI=1S/C18H21NO7/c1-5-12(17(21)22)19-14(20)8-11-9(2)10-6-7-13(24-3)16(25-4)15(10)26-18(11)23/h6-7,12H,5,8H2,1-4H3,(H,19,20)(H,21,22)/t12-/m1/s1. The van der Waals surface area contributed by atoms with Crippen LogP contribution < -0.4 is 20.4 Å². The first-order valence-electron chi connectivity index (χ1n) is 8.03. The highest BCUT2D eigenvalue weighted by atomic mass is 16.5. The minimum atomic E-state index is -1.13. The Kier molecular flexibility index (Phi) is 5.86. The fourth-order valence-electron chi connectivity index (χ4n) is 2.71. The summed E-state index contributed by atoms with van der Waals surface area (Å²) in [5.74, 6) is -0.979. The van der Waals surface area contributed by atoms with Gasteiger partial charge in [-0.15, -0.1) is 0 Å². The van der Waals surface area contributed by atoms with Crippen LogP contribution in [0.5, 0.6) is 11.5 Å². The number of carboxylic acid groups (broad SMARTS) is 1. The van der Waals surface area contributed by atoms with Crippen molar-refractivity contribution in [3.8, 4) is 11.5 Å². The van der Waals surface area contributed by atoms with Crippen molar-refractivity contribution >= 4 is 22.8 Å². The zero-order valence-corrected chi connectivity index (χ0v) is 15.0. The summed E-state index contributed by atoms with van der Waals surface area (Å²) in [7, 11) is 2.91. The van der Waals surface area contributed by atoms with E-state index in [-0.39, 0.29) is 29.7 Å². The number of hydrogen-bond acceptors (Lipinski definition) is 6.